The summed E-state index contributed by atoms with van der Waals surface area (Å²) in [5, 5.41) is 4.17. The molecule has 0 bridgehead atoms. The Kier molecular flexibility index (Phi) is 4.12. The van der Waals surface area contributed by atoms with E-state index >= 15 is 0 Å². The highest BCUT2D eigenvalue weighted by Crippen LogP contribution is 2.37. The van der Waals surface area contributed by atoms with Gasteiger partial charge in [0.05, 0.1) is 7.11 Å². The summed E-state index contributed by atoms with van der Waals surface area (Å²) < 4.78 is 22.0. The minimum atomic E-state index is 0.214. The van der Waals surface area contributed by atoms with Crippen LogP contribution in [0.5, 0.6) is 23.0 Å². The Labute approximate surface area is 145 Å². The molecule has 0 saturated heterocycles. The molecule has 1 N–H and O–H groups in total. The van der Waals surface area contributed by atoms with Gasteiger partial charge >= 0.3 is 0 Å². The fourth-order valence-corrected chi connectivity index (χ4v) is 3.26. The molecule has 0 radical (unpaired) electrons. The molecule has 0 amide bonds. The van der Waals surface area contributed by atoms with E-state index in [1.54, 1.807) is 13.2 Å². The molecule has 2 heterocycles. The molecule has 0 aliphatic carbocycles. The number of ether oxygens (including phenoxy) is 4. The highest BCUT2D eigenvalue weighted by atomic mass is 35.5. The summed E-state index contributed by atoms with van der Waals surface area (Å²) >= 11 is 6.32. The molecule has 0 spiro atoms. The van der Waals surface area contributed by atoms with E-state index in [2.05, 4.69) is 11.4 Å². The average molecular weight is 348 g/mol. The van der Waals surface area contributed by atoms with Gasteiger partial charge in [-0.25, -0.2) is 0 Å². The standard InChI is InChI=1S/C18H18ClNO4/c1-21-15-4-2-3-11-5-13(9-22-18(11)15)20-8-12-6-16-17(7-14(12)19)24-10-23-16/h2-4,6-7,13,20H,5,8-10H2,1H3/t13-/m1/s1. The number of fused-ring (bicyclic) bond motifs is 2. The molecule has 0 aromatic heterocycles. The number of para-hydroxylation sites is 1. The van der Waals surface area contributed by atoms with Crippen LogP contribution in [0.4, 0.5) is 0 Å². The average Bonchev–Trinajstić information content (AvgIpc) is 3.05. The molecular weight excluding hydrogens is 330 g/mol. The highest BCUT2D eigenvalue weighted by molar-refractivity contribution is 6.31. The molecule has 0 fully saturated rings. The molecule has 2 aliphatic heterocycles. The molecule has 2 aromatic carbocycles. The van der Waals surface area contributed by atoms with Crippen LogP contribution < -0.4 is 24.3 Å². The van der Waals surface area contributed by atoms with Gasteiger partial charge in [-0.3, -0.25) is 0 Å². The maximum Gasteiger partial charge on any atom is 0.231 e. The second-order valence-electron chi connectivity index (χ2n) is 5.84. The third-order valence-electron chi connectivity index (χ3n) is 4.30. The molecule has 2 aromatic rings. The van der Waals surface area contributed by atoms with Gasteiger partial charge < -0.3 is 24.3 Å². The Morgan fingerprint density at radius 1 is 1.21 bits per heavy atom. The van der Waals surface area contributed by atoms with Crippen LogP contribution in [0, 0.1) is 0 Å². The van der Waals surface area contributed by atoms with Gasteiger partial charge in [0.15, 0.2) is 23.0 Å². The minimum Gasteiger partial charge on any atom is -0.493 e. The van der Waals surface area contributed by atoms with E-state index in [1.807, 2.05) is 18.2 Å². The van der Waals surface area contributed by atoms with Crippen molar-refractivity contribution < 1.29 is 18.9 Å². The Hall–Kier alpha value is -2.11. The number of halogens is 1. The summed E-state index contributed by atoms with van der Waals surface area (Å²) in [7, 11) is 1.66. The Morgan fingerprint density at radius 3 is 2.88 bits per heavy atom. The fraction of sp³-hybridized carbons (Fsp3) is 0.333. The molecule has 5 nitrogen and oxygen atoms in total. The van der Waals surface area contributed by atoms with Gasteiger partial charge in [0, 0.05) is 23.7 Å². The fourth-order valence-electron chi connectivity index (χ4n) is 3.04. The number of benzene rings is 2. The van der Waals surface area contributed by atoms with Gasteiger partial charge in [0.1, 0.15) is 6.61 Å². The first kappa shape index (κ1) is 15.4. The lowest BCUT2D eigenvalue weighted by atomic mass is 10.0. The van der Waals surface area contributed by atoms with Crippen molar-refractivity contribution in [1.29, 1.82) is 0 Å². The van der Waals surface area contributed by atoms with Crippen molar-refractivity contribution in [3.8, 4) is 23.0 Å². The van der Waals surface area contributed by atoms with E-state index in [0.717, 1.165) is 34.8 Å². The predicted octanol–water partition coefficient (Wildman–Crippen LogP) is 3.17. The smallest absolute Gasteiger partial charge is 0.231 e. The zero-order valence-electron chi connectivity index (χ0n) is 13.3. The first-order chi connectivity index (χ1) is 11.7. The van der Waals surface area contributed by atoms with Crippen molar-refractivity contribution in [3.63, 3.8) is 0 Å². The van der Waals surface area contributed by atoms with Crippen LogP contribution in [0.2, 0.25) is 5.02 Å². The lowest BCUT2D eigenvalue weighted by molar-refractivity contribution is 0.174. The third-order valence-corrected chi connectivity index (χ3v) is 4.65. The van der Waals surface area contributed by atoms with Crippen LogP contribution >= 0.6 is 11.6 Å². The van der Waals surface area contributed by atoms with E-state index in [-0.39, 0.29) is 12.8 Å². The summed E-state index contributed by atoms with van der Waals surface area (Å²) in [4.78, 5) is 0. The number of nitrogens with one attached hydrogen (secondary N) is 1. The zero-order chi connectivity index (χ0) is 16.5. The summed E-state index contributed by atoms with van der Waals surface area (Å²) in [6.07, 6.45) is 0.884. The quantitative estimate of drug-likeness (QED) is 0.920. The summed E-state index contributed by atoms with van der Waals surface area (Å²) in [6, 6.07) is 9.92. The maximum absolute atomic E-state index is 6.32. The van der Waals surface area contributed by atoms with Gasteiger partial charge in [-0.1, -0.05) is 23.7 Å². The lowest BCUT2D eigenvalue weighted by Crippen LogP contribution is -2.39. The van der Waals surface area contributed by atoms with Gasteiger partial charge in [0.2, 0.25) is 6.79 Å². The van der Waals surface area contributed by atoms with Crippen molar-refractivity contribution in [1.82, 2.24) is 5.32 Å². The topological polar surface area (TPSA) is 49.0 Å². The molecule has 2 aliphatic rings. The Bertz CT molecular complexity index is 765. The van der Waals surface area contributed by atoms with E-state index < -0.39 is 0 Å². The number of methoxy groups -OCH3 is 1. The van der Waals surface area contributed by atoms with Crippen LogP contribution in [-0.4, -0.2) is 26.6 Å². The molecule has 0 unspecified atom stereocenters. The Balaban J connectivity index is 1.44. The van der Waals surface area contributed by atoms with E-state index in [1.165, 1.54) is 0 Å². The SMILES string of the molecule is COc1cccc2c1OC[C@H](NCc1cc3c(cc1Cl)OCO3)C2. The summed E-state index contributed by atoms with van der Waals surface area (Å²) in [5.41, 5.74) is 2.13. The maximum atomic E-state index is 6.32. The molecular formula is C18H18ClNO4. The van der Waals surface area contributed by atoms with Crippen LogP contribution in [0.3, 0.4) is 0 Å². The lowest BCUT2D eigenvalue weighted by Gasteiger charge is -2.27. The molecule has 126 valence electrons. The highest BCUT2D eigenvalue weighted by Gasteiger charge is 2.23. The summed E-state index contributed by atoms with van der Waals surface area (Å²) in [6.45, 7) is 1.48. The van der Waals surface area contributed by atoms with Crippen molar-refractivity contribution >= 4 is 11.6 Å². The van der Waals surface area contributed by atoms with Crippen molar-refractivity contribution in [2.75, 3.05) is 20.5 Å². The van der Waals surface area contributed by atoms with Gasteiger partial charge in [-0.2, -0.15) is 0 Å². The van der Waals surface area contributed by atoms with Crippen LogP contribution in [0.25, 0.3) is 0 Å². The van der Waals surface area contributed by atoms with Crippen molar-refractivity contribution in [3.05, 3.63) is 46.5 Å². The largest absolute Gasteiger partial charge is 0.493 e. The third kappa shape index (κ3) is 2.85. The zero-order valence-corrected chi connectivity index (χ0v) is 14.1. The van der Waals surface area contributed by atoms with Crippen molar-refractivity contribution in [2.45, 2.75) is 19.0 Å². The van der Waals surface area contributed by atoms with Crippen molar-refractivity contribution in [2.24, 2.45) is 0 Å². The molecule has 0 saturated carbocycles. The molecule has 4 rings (SSSR count). The Morgan fingerprint density at radius 2 is 2.04 bits per heavy atom. The number of hydrogen-bond acceptors (Lipinski definition) is 5. The van der Waals surface area contributed by atoms with Gasteiger partial charge in [-0.05, 0) is 29.7 Å². The predicted molar refractivity (Wildman–Crippen MR) is 90.4 cm³/mol. The summed E-state index contributed by atoms with van der Waals surface area (Å²) in [5.74, 6) is 3.07. The van der Waals surface area contributed by atoms with Gasteiger partial charge in [0.25, 0.3) is 0 Å². The first-order valence-corrected chi connectivity index (χ1v) is 8.22. The van der Waals surface area contributed by atoms with Crippen LogP contribution in [-0.2, 0) is 13.0 Å². The monoisotopic (exact) mass is 347 g/mol. The first-order valence-electron chi connectivity index (χ1n) is 7.84. The normalized spacial score (nSPS) is 18.0. The minimum absolute atomic E-state index is 0.214. The second-order valence-corrected chi connectivity index (χ2v) is 6.25. The van der Waals surface area contributed by atoms with Crippen LogP contribution in [0.15, 0.2) is 30.3 Å². The number of rotatable bonds is 4. The molecule has 24 heavy (non-hydrogen) atoms. The number of hydrogen-bond donors (Lipinski definition) is 1. The van der Waals surface area contributed by atoms with E-state index in [0.29, 0.717) is 23.9 Å². The molecule has 6 heteroatoms. The van der Waals surface area contributed by atoms with Gasteiger partial charge in [-0.15, -0.1) is 0 Å². The molecule has 1 atom stereocenters. The van der Waals surface area contributed by atoms with E-state index in [9.17, 15) is 0 Å². The van der Waals surface area contributed by atoms with E-state index in [4.69, 9.17) is 30.5 Å². The van der Waals surface area contributed by atoms with Crippen LogP contribution in [0.1, 0.15) is 11.1 Å². The second kappa shape index (κ2) is 6.42.